The number of nitrogens with one attached hydrogen (secondary N) is 1. The third kappa shape index (κ3) is 4.17. The lowest BCUT2D eigenvalue weighted by molar-refractivity contribution is 0.101. The maximum absolute atomic E-state index is 12.6. The number of hydrogen-bond acceptors (Lipinski definition) is 3. The van der Waals surface area contributed by atoms with Crippen LogP contribution in [0.3, 0.4) is 0 Å². The number of rotatable bonds is 5. The summed E-state index contributed by atoms with van der Waals surface area (Å²) < 4.78 is 1.84. The van der Waals surface area contributed by atoms with Gasteiger partial charge in [0.1, 0.15) is 5.69 Å². The van der Waals surface area contributed by atoms with E-state index in [0.717, 1.165) is 28.4 Å². The van der Waals surface area contributed by atoms with Gasteiger partial charge in [0.2, 0.25) is 0 Å². The van der Waals surface area contributed by atoms with Gasteiger partial charge in [-0.2, -0.15) is 0 Å². The standard InChI is InChI=1S/C20H23N3OS/c1-13(2)9-15-5-7-17(8-6-15)22-20(24)19-10-16(11-23(19)4)18-12-25-14(3)21-18/h5-8,10-13H,9H2,1-4H3,(H,22,24). The molecule has 0 radical (unpaired) electrons. The van der Waals surface area contributed by atoms with Crippen molar-refractivity contribution in [2.75, 3.05) is 5.32 Å². The zero-order valence-corrected chi connectivity index (χ0v) is 15.9. The van der Waals surface area contributed by atoms with E-state index in [4.69, 9.17) is 0 Å². The highest BCUT2D eigenvalue weighted by atomic mass is 32.1. The predicted molar refractivity (Wildman–Crippen MR) is 104 cm³/mol. The molecule has 0 aliphatic heterocycles. The highest BCUT2D eigenvalue weighted by Gasteiger charge is 2.14. The van der Waals surface area contributed by atoms with E-state index in [1.54, 1.807) is 11.3 Å². The molecule has 1 amide bonds. The second-order valence-electron chi connectivity index (χ2n) is 6.73. The van der Waals surface area contributed by atoms with Gasteiger partial charge in [-0.15, -0.1) is 11.3 Å². The molecule has 1 aromatic carbocycles. The van der Waals surface area contributed by atoms with Gasteiger partial charge in [-0.25, -0.2) is 4.98 Å². The fraction of sp³-hybridized carbons (Fsp3) is 0.300. The van der Waals surface area contributed by atoms with Gasteiger partial charge in [0.05, 0.1) is 10.7 Å². The van der Waals surface area contributed by atoms with Crippen molar-refractivity contribution in [1.29, 1.82) is 0 Å². The van der Waals surface area contributed by atoms with E-state index in [9.17, 15) is 4.79 Å². The Bertz CT molecular complexity index is 875. The molecule has 3 rings (SSSR count). The summed E-state index contributed by atoms with van der Waals surface area (Å²) in [6, 6.07) is 9.96. The highest BCUT2D eigenvalue weighted by Crippen LogP contribution is 2.24. The van der Waals surface area contributed by atoms with E-state index in [1.807, 2.05) is 48.3 Å². The molecule has 4 nitrogen and oxygen atoms in total. The second kappa shape index (κ2) is 7.23. The van der Waals surface area contributed by atoms with Gasteiger partial charge < -0.3 is 9.88 Å². The smallest absolute Gasteiger partial charge is 0.272 e. The van der Waals surface area contributed by atoms with Crippen LogP contribution in [-0.2, 0) is 13.5 Å². The Labute approximate surface area is 152 Å². The Morgan fingerprint density at radius 2 is 2.00 bits per heavy atom. The van der Waals surface area contributed by atoms with E-state index in [1.165, 1.54) is 5.56 Å². The first-order valence-electron chi connectivity index (χ1n) is 8.41. The van der Waals surface area contributed by atoms with E-state index in [2.05, 4.69) is 36.3 Å². The van der Waals surface area contributed by atoms with Crippen molar-refractivity contribution in [3.05, 3.63) is 58.2 Å². The van der Waals surface area contributed by atoms with Crippen LogP contribution in [0, 0.1) is 12.8 Å². The molecular formula is C20H23N3OS. The number of anilines is 1. The zero-order valence-electron chi connectivity index (χ0n) is 15.0. The lowest BCUT2D eigenvalue weighted by Gasteiger charge is -2.08. The van der Waals surface area contributed by atoms with Crippen molar-refractivity contribution < 1.29 is 4.79 Å². The van der Waals surface area contributed by atoms with Gasteiger partial charge in [0, 0.05) is 29.9 Å². The van der Waals surface area contributed by atoms with Crippen LogP contribution in [0.4, 0.5) is 5.69 Å². The number of aromatic nitrogens is 2. The summed E-state index contributed by atoms with van der Waals surface area (Å²) in [6.07, 6.45) is 2.98. The average Bonchev–Trinajstić information content (AvgIpc) is 3.14. The molecule has 2 heterocycles. The minimum atomic E-state index is -0.114. The third-order valence-corrected chi connectivity index (χ3v) is 4.78. The molecule has 0 unspecified atom stereocenters. The van der Waals surface area contributed by atoms with Crippen molar-refractivity contribution in [1.82, 2.24) is 9.55 Å². The van der Waals surface area contributed by atoms with Crippen molar-refractivity contribution in [2.24, 2.45) is 13.0 Å². The largest absolute Gasteiger partial charge is 0.346 e. The van der Waals surface area contributed by atoms with E-state index < -0.39 is 0 Å². The van der Waals surface area contributed by atoms with E-state index in [-0.39, 0.29) is 5.91 Å². The molecule has 2 aromatic heterocycles. The first kappa shape index (κ1) is 17.4. The summed E-state index contributed by atoms with van der Waals surface area (Å²) in [5.41, 5.74) is 4.59. The monoisotopic (exact) mass is 353 g/mol. The first-order chi connectivity index (χ1) is 11.9. The molecule has 0 bridgehead atoms. The summed E-state index contributed by atoms with van der Waals surface area (Å²) in [5.74, 6) is 0.508. The Balaban J connectivity index is 1.74. The Morgan fingerprint density at radius 3 is 2.60 bits per heavy atom. The fourth-order valence-electron chi connectivity index (χ4n) is 2.82. The number of thiazole rings is 1. The van der Waals surface area contributed by atoms with Crippen molar-refractivity contribution in [2.45, 2.75) is 27.2 Å². The van der Waals surface area contributed by atoms with Crippen molar-refractivity contribution in [3.63, 3.8) is 0 Å². The predicted octanol–water partition coefficient (Wildman–Crippen LogP) is 4.91. The summed E-state index contributed by atoms with van der Waals surface area (Å²) >= 11 is 1.61. The van der Waals surface area contributed by atoms with Crippen LogP contribution < -0.4 is 5.32 Å². The molecule has 5 heteroatoms. The summed E-state index contributed by atoms with van der Waals surface area (Å²) in [5, 5.41) is 6.01. The van der Waals surface area contributed by atoms with Crippen LogP contribution in [-0.4, -0.2) is 15.5 Å². The Morgan fingerprint density at radius 1 is 1.28 bits per heavy atom. The van der Waals surface area contributed by atoms with Crippen LogP contribution in [0.1, 0.15) is 34.9 Å². The maximum Gasteiger partial charge on any atom is 0.272 e. The molecule has 3 aromatic rings. The van der Waals surface area contributed by atoms with Crippen LogP contribution in [0.15, 0.2) is 41.9 Å². The Kier molecular flexibility index (Phi) is 5.04. The summed E-state index contributed by atoms with van der Waals surface area (Å²) in [6.45, 7) is 6.38. The minimum absolute atomic E-state index is 0.114. The molecule has 130 valence electrons. The topological polar surface area (TPSA) is 46.9 Å². The van der Waals surface area contributed by atoms with Gasteiger partial charge >= 0.3 is 0 Å². The first-order valence-corrected chi connectivity index (χ1v) is 9.29. The van der Waals surface area contributed by atoms with Crippen LogP contribution in [0.25, 0.3) is 11.3 Å². The van der Waals surface area contributed by atoms with Crippen LogP contribution >= 0.6 is 11.3 Å². The molecule has 0 saturated carbocycles. The maximum atomic E-state index is 12.6. The molecule has 0 aliphatic rings. The van der Waals surface area contributed by atoms with Gasteiger partial charge in [-0.05, 0) is 43.0 Å². The minimum Gasteiger partial charge on any atom is -0.346 e. The van der Waals surface area contributed by atoms with Crippen LogP contribution in [0.5, 0.6) is 0 Å². The number of benzene rings is 1. The molecule has 0 spiro atoms. The Hall–Kier alpha value is -2.40. The molecule has 0 saturated heterocycles. The molecule has 1 N–H and O–H groups in total. The number of carbonyl (C=O) groups excluding carboxylic acids is 1. The second-order valence-corrected chi connectivity index (χ2v) is 7.79. The fourth-order valence-corrected chi connectivity index (χ4v) is 3.44. The molecule has 0 aliphatic carbocycles. The van der Waals surface area contributed by atoms with Crippen molar-refractivity contribution in [3.8, 4) is 11.3 Å². The van der Waals surface area contributed by atoms with E-state index >= 15 is 0 Å². The number of nitrogens with zero attached hydrogens (tertiary/aromatic N) is 2. The molecular weight excluding hydrogens is 330 g/mol. The average molecular weight is 353 g/mol. The lowest BCUT2D eigenvalue weighted by Crippen LogP contribution is -2.15. The van der Waals surface area contributed by atoms with Crippen molar-refractivity contribution >= 4 is 22.9 Å². The zero-order chi connectivity index (χ0) is 18.0. The normalized spacial score (nSPS) is 11.1. The molecule has 0 atom stereocenters. The number of hydrogen-bond donors (Lipinski definition) is 1. The number of carbonyl (C=O) groups is 1. The lowest BCUT2D eigenvalue weighted by atomic mass is 10.0. The SMILES string of the molecule is Cc1nc(-c2cc(C(=O)Nc3ccc(CC(C)C)cc3)n(C)c2)cs1. The summed E-state index contributed by atoms with van der Waals surface area (Å²) in [4.78, 5) is 17.1. The molecule has 0 fully saturated rings. The highest BCUT2D eigenvalue weighted by molar-refractivity contribution is 7.09. The van der Waals surface area contributed by atoms with E-state index in [0.29, 0.717) is 11.6 Å². The van der Waals surface area contributed by atoms with Gasteiger partial charge in [0.15, 0.2) is 0 Å². The number of aryl methyl sites for hydroxylation is 2. The van der Waals surface area contributed by atoms with Gasteiger partial charge in [-0.1, -0.05) is 26.0 Å². The quantitative estimate of drug-likeness (QED) is 0.708. The third-order valence-electron chi connectivity index (χ3n) is 4.01. The van der Waals surface area contributed by atoms with Gasteiger partial charge in [-0.3, -0.25) is 4.79 Å². The summed E-state index contributed by atoms with van der Waals surface area (Å²) in [7, 11) is 1.88. The van der Waals surface area contributed by atoms with Gasteiger partial charge in [0.25, 0.3) is 5.91 Å². The number of amides is 1. The molecule has 25 heavy (non-hydrogen) atoms. The van der Waals surface area contributed by atoms with Crippen LogP contribution in [0.2, 0.25) is 0 Å².